The first-order chi connectivity index (χ1) is 6.02. The molecule has 0 aromatic rings. The number of Topliss-reactive ketones (excluding diaryl/α,β-unsaturated/α-hetero) is 1. The molecular weight excluding hydrogens is 174 g/mol. The number of ether oxygens (including phenoxy) is 2. The highest BCUT2D eigenvalue weighted by Crippen LogP contribution is 1.99. The molecule has 0 radical (unpaired) electrons. The van der Waals surface area contributed by atoms with E-state index >= 15 is 0 Å². The molecule has 0 aliphatic rings. The van der Waals surface area contributed by atoms with Crippen molar-refractivity contribution in [1.82, 2.24) is 5.32 Å². The molecule has 0 spiro atoms. The molecule has 5 heteroatoms. The summed E-state index contributed by atoms with van der Waals surface area (Å²) < 4.78 is 9.30. The van der Waals surface area contributed by atoms with Gasteiger partial charge in [-0.2, -0.15) is 0 Å². The number of nitrogens with one attached hydrogen (secondary N) is 1. The van der Waals surface area contributed by atoms with Crippen molar-refractivity contribution in [3.63, 3.8) is 0 Å². The summed E-state index contributed by atoms with van der Waals surface area (Å²) in [6.45, 7) is 3.08. The first-order valence-corrected chi connectivity index (χ1v) is 3.90. The van der Waals surface area contributed by atoms with Crippen molar-refractivity contribution in [3.05, 3.63) is 0 Å². The van der Waals surface area contributed by atoms with E-state index in [-0.39, 0.29) is 11.9 Å². The molecule has 0 aromatic carbocycles. The Balaban J connectivity index is 4.26. The highest BCUT2D eigenvalue weighted by molar-refractivity contribution is 5.85. The summed E-state index contributed by atoms with van der Waals surface area (Å²) in [6, 6.07) is -0.655. The smallest absolute Gasteiger partial charge is 0.407 e. The van der Waals surface area contributed by atoms with E-state index in [1.165, 1.54) is 21.1 Å². The van der Waals surface area contributed by atoms with Crippen LogP contribution in [0.2, 0.25) is 0 Å². The maximum Gasteiger partial charge on any atom is 0.407 e. The van der Waals surface area contributed by atoms with E-state index in [2.05, 4.69) is 10.1 Å². The molecule has 76 valence electrons. The fraction of sp³-hybridized carbons (Fsp3) is 0.750. The number of carbonyl (C=O) groups is 2. The second kappa shape index (κ2) is 5.53. The van der Waals surface area contributed by atoms with Crippen LogP contribution in [0.5, 0.6) is 0 Å². The lowest BCUT2D eigenvalue weighted by atomic mass is 10.1. The van der Waals surface area contributed by atoms with Crippen molar-refractivity contribution in [1.29, 1.82) is 0 Å². The first-order valence-electron chi connectivity index (χ1n) is 3.90. The number of hydrogen-bond acceptors (Lipinski definition) is 4. The molecule has 5 nitrogen and oxygen atoms in total. The Morgan fingerprint density at radius 2 is 1.85 bits per heavy atom. The maximum absolute atomic E-state index is 11.0. The van der Waals surface area contributed by atoms with Crippen molar-refractivity contribution in [2.45, 2.75) is 26.0 Å². The van der Waals surface area contributed by atoms with Crippen LogP contribution in [0.4, 0.5) is 4.79 Å². The topological polar surface area (TPSA) is 64.6 Å². The summed E-state index contributed by atoms with van der Waals surface area (Å²) >= 11 is 0. The van der Waals surface area contributed by atoms with Gasteiger partial charge in [0.2, 0.25) is 0 Å². The van der Waals surface area contributed by atoms with Crippen molar-refractivity contribution >= 4 is 11.9 Å². The third-order valence-corrected chi connectivity index (χ3v) is 1.74. The number of hydrogen-bond donors (Lipinski definition) is 1. The van der Waals surface area contributed by atoms with Gasteiger partial charge >= 0.3 is 6.09 Å². The van der Waals surface area contributed by atoms with Crippen LogP contribution in [-0.2, 0) is 14.3 Å². The number of methoxy groups -OCH3 is 2. The Labute approximate surface area is 77.4 Å². The van der Waals surface area contributed by atoms with Gasteiger partial charge in [-0.15, -0.1) is 0 Å². The van der Waals surface area contributed by atoms with E-state index in [0.717, 1.165) is 0 Å². The normalized spacial score (nSPS) is 14.5. The minimum atomic E-state index is -0.655. The molecule has 0 aliphatic heterocycles. The summed E-state index contributed by atoms with van der Waals surface area (Å²) in [5, 5.41) is 2.38. The van der Waals surface area contributed by atoms with Crippen LogP contribution in [0.15, 0.2) is 0 Å². The second-order valence-corrected chi connectivity index (χ2v) is 2.67. The predicted molar refractivity (Wildman–Crippen MR) is 46.5 cm³/mol. The van der Waals surface area contributed by atoms with Gasteiger partial charge in [0, 0.05) is 7.11 Å². The first kappa shape index (κ1) is 11.9. The standard InChI is InChI=1S/C8H15NO4/c1-5(10)7(6(2)12-3)9-8(11)13-4/h6-7H,1-4H3,(H,9,11)/t6-,7+/m1/s1. The van der Waals surface area contributed by atoms with Gasteiger partial charge in [-0.3, -0.25) is 4.79 Å². The quantitative estimate of drug-likeness (QED) is 0.692. The number of rotatable bonds is 4. The molecule has 0 aliphatic carbocycles. The Morgan fingerprint density at radius 1 is 1.31 bits per heavy atom. The van der Waals surface area contributed by atoms with Crippen LogP contribution in [0.1, 0.15) is 13.8 Å². The average Bonchev–Trinajstić information content (AvgIpc) is 2.11. The molecule has 0 bridgehead atoms. The molecule has 0 heterocycles. The fourth-order valence-corrected chi connectivity index (χ4v) is 0.871. The molecule has 13 heavy (non-hydrogen) atoms. The molecule has 0 saturated carbocycles. The van der Waals surface area contributed by atoms with Crippen LogP contribution < -0.4 is 5.32 Å². The molecule has 0 rings (SSSR count). The van der Waals surface area contributed by atoms with Crippen molar-refractivity contribution < 1.29 is 19.1 Å². The zero-order chi connectivity index (χ0) is 10.4. The minimum absolute atomic E-state index is 0.167. The lowest BCUT2D eigenvalue weighted by Crippen LogP contribution is -2.47. The monoisotopic (exact) mass is 189 g/mol. The van der Waals surface area contributed by atoms with Crippen LogP contribution in [0, 0.1) is 0 Å². The van der Waals surface area contributed by atoms with Crippen LogP contribution in [0.3, 0.4) is 0 Å². The summed E-state index contributed by atoms with van der Waals surface area (Å²) in [6.07, 6.45) is -0.999. The van der Waals surface area contributed by atoms with Crippen molar-refractivity contribution in [2.75, 3.05) is 14.2 Å². The summed E-state index contributed by atoms with van der Waals surface area (Å²) in [4.78, 5) is 21.9. The summed E-state index contributed by atoms with van der Waals surface area (Å²) in [7, 11) is 2.71. The second-order valence-electron chi connectivity index (χ2n) is 2.67. The van der Waals surface area contributed by atoms with E-state index in [0.29, 0.717) is 0 Å². The molecule has 0 saturated heterocycles. The van der Waals surface area contributed by atoms with E-state index in [1.54, 1.807) is 6.92 Å². The fourth-order valence-electron chi connectivity index (χ4n) is 0.871. The maximum atomic E-state index is 11.0. The van der Waals surface area contributed by atoms with E-state index in [1.807, 2.05) is 0 Å². The third-order valence-electron chi connectivity index (χ3n) is 1.74. The molecule has 0 unspecified atom stereocenters. The third kappa shape index (κ3) is 3.89. The Morgan fingerprint density at radius 3 is 2.15 bits per heavy atom. The molecule has 0 aromatic heterocycles. The molecular formula is C8H15NO4. The van der Waals surface area contributed by atoms with Gasteiger partial charge in [-0.1, -0.05) is 0 Å². The van der Waals surface area contributed by atoms with E-state index in [4.69, 9.17) is 4.74 Å². The Bertz CT molecular complexity index is 193. The highest BCUT2D eigenvalue weighted by atomic mass is 16.5. The SMILES string of the molecule is COC(=O)N[C@@H](C(C)=O)[C@@H](C)OC. The zero-order valence-corrected chi connectivity index (χ0v) is 8.29. The van der Waals surface area contributed by atoms with Crippen LogP contribution in [-0.4, -0.2) is 38.2 Å². The van der Waals surface area contributed by atoms with E-state index < -0.39 is 12.1 Å². The van der Waals surface area contributed by atoms with Gasteiger partial charge in [0.15, 0.2) is 5.78 Å². The average molecular weight is 189 g/mol. The van der Waals surface area contributed by atoms with Gasteiger partial charge in [0.25, 0.3) is 0 Å². The predicted octanol–water partition coefficient (Wildman–Crippen LogP) is 0.335. The van der Waals surface area contributed by atoms with E-state index in [9.17, 15) is 9.59 Å². The Kier molecular flexibility index (Phi) is 5.06. The lowest BCUT2D eigenvalue weighted by molar-refractivity contribution is -0.121. The molecule has 0 fully saturated rings. The zero-order valence-electron chi connectivity index (χ0n) is 8.29. The van der Waals surface area contributed by atoms with Gasteiger partial charge in [-0.05, 0) is 13.8 Å². The van der Waals surface area contributed by atoms with Crippen molar-refractivity contribution in [2.24, 2.45) is 0 Å². The highest BCUT2D eigenvalue weighted by Gasteiger charge is 2.23. The van der Waals surface area contributed by atoms with Gasteiger partial charge in [0.1, 0.15) is 6.04 Å². The Hall–Kier alpha value is -1.10. The van der Waals surface area contributed by atoms with Crippen LogP contribution in [0.25, 0.3) is 0 Å². The number of alkyl carbamates (subject to hydrolysis) is 1. The number of amides is 1. The number of carbonyl (C=O) groups excluding carboxylic acids is 2. The lowest BCUT2D eigenvalue weighted by Gasteiger charge is -2.20. The van der Waals surface area contributed by atoms with Gasteiger partial charge in [-0.25, -0.2) is 4.79 Å². The van der Waals surface area contributed by atoms with Crippen molar-refractivity contribution in [3.8, 4) is 0 Å². The van der Waals surface area contributed by atoms with Crippen LogP contribution >= 0.6 is 0 Å². The minimum Gasteiger partial charge on any atom is -0.453 e. The largest absolute Gasteiger partial charge is 0.453 e. The summed E-state index contributed by atoms with van der Waals surface area (Å²) in [5.41, 5.74) is 0. The van der Waals surface area contributed by atoms with Gasteiger partial charge < -0.3 is 14.8 Å². The molecule has 1 N–H and O–H groups in total. The summed E-state index contributed by atoms with van der Waals surface area (Å²) in [5.74, 6) is -0.167. The molecule has 1 amide bonds. The molecule has 2 atom stereocenters. The number of ketones is 1. The van der Waals surface area contributed by atoms with Gasteiger partial charge in [0.05, 0.1) is 13.2 Å².